The van der Waals surface area contributed by atoms with Gasteiger partial charge in [0, 0.05) is 30.6 Å². The standard InChI is InChI=1S/C20H24N2O5S2/c1-15-11-13-22(14-12-15)29(26,27)19-7-3-16(4-8-19)20(23)21-17-5-9-18(10-6-17)28(2,24)25/h3-10,15H,11-14H2,1-2H3,(H,21,23). The largest absolute Gasteiger partial charge is 0.322 e. The zero-order valence-electron chi connectivity index (χ0n) is 16.3. The van der Waals surface area contributed by atoms with Crippen molar-refractivity contribution in [1.82, 2.24) is 4.31 Å². The highest BCUT2D eigenvalue weighted by atomic mass is 32.2. The van der Waals surface area contributed by atoms with Crippen molar-refractivity contribution in [2.75, 3.05) is 24.7 Å². The van der Waals surface area contributed by atoms with Crippen LogP contribution in [0, 0.1) is 5.92 Å². The fourth-order valence-corrected chi connectivity index (χ4v) is 5.24. The molecule has 7 nitrogen and oxygen atoms in total. The van der Waals surface area contributed by atoms with Gasteiger partial charge in [-0.25, -0.2) is 16.8 Å². The van der Waals surface area contributed by atoms with Crippen molar-refractivity contribution in [3.05, 3.63) is 54.1 Å². The van der Waals surface area contributed by atoms with Gasteiger partial charge in [0.25, 0.3) is 5.91 Å². The van der Waals surface area contributed by atoms with Crippen LogP contribution in [0.2, 0.25) is 0 Å². The topological polar surface area (TPSA) is 101 Å². The first-order valence-corrected chi connectivity index (χ1v) is 12.6. The number of hydrogen-bond acceptors (Lipinski definition) is 5. The molecule has 2 aromatic rings. The van der Waals surface area contributed by atoms with E-state index in [2.05, 4.69) is 12.2 Å². The van der Waals surface area contributed by atoms with Crippen molar-refractivity contribution in [3.63, 3.8) is 0 Å². The Balaban J connectivity index is 1.70. The van der Waals surface area contributed by atoms with Crippen molar-refractivity contribution in [2.24, 2.45) is 5.92 Å². The zero-order chi connectivity index (χ0) is 21.2. The van der Waals surface area contributed by atoms with Crippen molar-refractivity contribution in [1.29, 1.82) is 0 Å². The Kier molecular flexibility index (Phi) is 6.11. The SMILES string of the molecule is CC1CCN(S(=O)(=O)c2ccc(C(=O)Nc3ccc(S(C)(=O)=O)cc3)cc2)CC1. The van der Waals surface area contributed by atoms with E-state index in [1.165, 1.54) is 52.8 Å². The summed E-state index contributed by atoms with van der Waals surface area (Å²) in [5.74, 6) is 0.117. The average Bonchev–Trinajstić information content (AvgIpc) is 2.68. The lowest BCUT2D eigenvalue weighted by Gasteiger charge is -2.29. The number of benzene rings is 2. The Morgan fingerprint density at radius 1 is 0.897 bits per heavy atom. The summed E-state index contributed by atoms with van der Waals surface area (Å²) in [7, 11) is -6.87. The van der Waals surface area contributed by atoms with E-state index < -0.39 is 25.8 Å². The molecule has 0 radical (unpaired) electrons. The molecule has 0 aliphatic carbocycles. The van der Waals surface area contributed by atoms with Gasteiger partial charge in [-0.3, -0.25) is 4.79 Å². The van der Waals surface area contributed by atoms with Gasteiger partial charge >= 0.3 is 0 Å². The smallest absolute Gasteiger partial charge is 0.255 e. The van der Waals surface area contributed by atoms with Gasteiger partial charge in [-0.2, -0.15) is 4.31 Å². The van der Waals surface area contributed by atoms with Crippen LogP contribution in [0.1, 0.15) is 30.1 Å². The molecule has 0 aromatic heterocycles. The van der Waals surface area contributed by atoms with Crippen LogP contribution in [-0.4, -0.2) is 46.4 Å². The van der Waals surface area contributed by atoms with E-state index in [4.69, 9.17) is 0 Å². The van der Waals surface area contributed by atoms with E-state index in [0.717, 1.165) is 19.1 Å². The van der Waals surface area contributed by atoms with Crippen molar-refractivity contribution in [3.8, 4) is 0 Å². The second-order valence-corrected chi connectivity index (χ2v) is 11.3. The molecule has 1 fully saturated rings. The summed E-state index contributed by atoms with van der Waals surface area (Å²) in [6.45, 7) is 3.14. The predicted molar refractivity (Wildman–Crippen MR) is 111 cm³/mol. The van der Waals surface area contributed by atoms with E-state index in [0.29, 0.717) is 30.3 Å². The summed E-state index contributed by atoms with van der Waals surface area (Å²) in [5, 5.41) is 2.67. The second kappa shape index (κ2) is 8.25. The number of anilines is 1. The summed E-state index contributed by atoms with van der Waals surface area (Å²) in [5.41, 5.74) is 0.755. The number of sulfone groups is 1. The molecule has 3 rings (SSSR count). The molecular weight excluding hydrogens is 412 g/mol. The quantitative estimate of drug-likeness (QED) is 0.777. The Bertz CT molecular complexity index is 1080. The third-order valence-electron chi connectivity index (χ3n) is 5.04. The van der Waals surface area contributed by atoms with E-state index in [9.17, 15) is 21.6 Å². The number of amides is 1. The van der Waals surface area contributed by atoms with E-state index >= 15 is 0 Å². The predicted octanol–water partition coefficient (Wildman–Crippen LogP) is 2.76. The maximum atomic E-state index is 12.8. The number of hydrogen-bond donors (Lipinski definition) is 1. The lowest BCUT2D eigenvalue weighted by Crippen LogP contribution is -2.37. The minimum Gasteiger partial charge on any atom is -0.322 e. The molecule has 0 atom stereocenters. The highest BCUT2D eigenvalue weighted by Crippen LogP contribution is 2.24. The fourth-order valence-electron chi connectivity index (χ4n) is 3.14. The van der Waals surface area contributed by atoms with Gasteiger partial charge in [0.2, 0.25) is 10.0 Å². The third kappa shape index (κ3) is 5.04. The molecule has 2 aromatic carbocycles. The van der Waals surface area contributed by atoms with E-state index in [1.54, 1.807) is 0 Å². The number of carbonyl (C=O) groups excluding carboxylic acids is 1. The molecule has 1 aliphatic heterocycles. The lowest BCUT2D eigenvalue weighted by molar-refractivity contribution is 0.102. The van der Waals surface area contributed by atoms with E-state index in [1.807, 2.05) is 0 Å². The maximum absolute atomic E-state index is 12.8. The minimum atomic E-state index is -3.56. The number of piperidine rings is 1. The fraction of sp³-hybridized carbons (Fsp3) is 0.350. The molecular formula is C20H24N2O5S2. The summed E-state index contributed by atoms with van der Waals surface area (Å²) >= 11 is 0. The second-order valence-electron chi connectivity index (χ2n) is 7.36. The molecule has 0 saturated carbocycles. The van der Waals surface area contributed by atoms with E-state index in [-0.39, 0.29) is 9.79 Å². The zero-order valence-corrected chi connectivity index (χ0v) is 18.0. The van der Waals surface area contributed by atoms with Crippen LogP contribution in [0.3, 0.4) is 0 Å². The maximum Gasteiger partial charge on any atom is 0.255 e. The number of carbonyl (C=O) groups is 1. The van der Waals surface area contributed by atoms with Crippen molar-refractivity contribution < 1.29 is 21.6 Å². The Morgan fingerprint density at radius 3 is 1.93 bits per heavy atom. The van der Waals surface area contributed by atoms with Gasteiger partial charge < -0.3 is 5.32 Å². The van der Waals surface area contributed by atoms with Crippen LogP contribution in [0.5, 0.6) is 0 Å². The minimum absolute atomic E-state index is 0.164. The molecule has 1 saturated heterocycles. The number of sulfonamides is 1. The summed E-state index contributed by atoms with van der Waals surface area (Å²) in [6, 6.07) is 11.7. The molecule has 0 bridgehead atoms. The van der Waals surface area contributed by atoms with Gasteiger partial charge in [-0.05, 0) is 67.3 Å². The molecule has 1 aliphatic rings. The summed E-state index contributed by atoms with van der Waals surface area (Å²) < 4.78 is 50.0. The first kappa shape index (κ1) is 21.5. The van der Waals surface area contributed by atoms with Crippen LogP contribution < -0.4 is 5.32 Å². The Morgan fingerprint density at radius 2 is 1.41 bits per heavy atom. The van der Waals surface area contributed by atoms with Crippen LogP contribution in [0.15, 0.2) is 58.3 Å². The first-order valence-electron chi connectivity index (χ1n) is 9.29. The first-order chi connectivity index (χ1) is 13.6. The number of rotatable bonds is 5. The molecule has 1 heterocycles. The van der Waals surface area contributed by atoms with Gasteiger partial charge in [-0.1, -0.05) is 6.92 Å². The van der Waals surface area contributed by atoms with Gasteiger partial charge in [0.1, 0.15) is 0 Å². The average molecular weight is 437 g/mol. The van der Waals surface area contributed by atoms with Gasteiger partial charge in [0.05, 0.1) is 9.79 Å². The van der Waals surface area contributed by atoms with Crippen LogP contribution in [-0.2, 0) is 19.9 Å². The highest BCUT2D eigenvalue weighted by Gasteiger charge is 2.28. The van der Waals surface area contributed by atoms with Crippen molar-refractivity contribution in [2.45, 2.75) is 29.6 Å². The molecule has 9 heteroatoms. The normalized spacial score (nSPS) is 16.5. The van der Waals surface area contributed by atoms with Crippen LogP contribution in [0.25, 0.3) is 0 Å². The molecule has 0 spiro atoms. The summed E-state index contributed by atoms with van der Waals surface area (Å²) in [4.78, 5) is 12.7. The lowest BCUT2D eigenvalue weighted by atomic mass is 10.0. The Labute approximate surface area is 171 Å². The Hall–Kier alpha value is -2.23. The van der Waals surface area contributed by atoms with Gasteiger partial charge in [0.15, 0.2) is 9.84 Å². The third-order valence-corrected chi connectivity index (χ3v) is 8.08. The monoisotopic (exact) mass is 436 g/mol. The van der Waals surface area contributed by atoms with Crippen LogP contribution in [0.4, 0.5) is 5.69 Å². The van der Waals surface area contributed by atoms with Crippen LogP contribution >= 0.6 is 0 Å². The van der Waals surface area contributed by atoms with Crippen molar-refractivity contribution >= 4 is 31.5 Å². The highest BCUT2D eigenvalue weighted by molar-refractivity contribution is 7.90. The number of nitrogens with one attached hydrogen (secondary N) is 1. The molecule has 1 N–H and O–H groups in total. The summed E-state index contributed by atoms with van der Waals surface area (Å²) in [6.07, 6.45) is 2.80. The number of nitrogens with zero attached hydrogens (tertiary/aromatic N) is 1. The molecule has 0 unspecified atom stereocenters. The molecule has 156 valence electrons. The van der Waals surface area contributed by atoms with Gasteiger partial charge in [-0.15, -0.1) is 0 Å². The molecule has 1 amide bonds. The molecule has 29 heavy (non-hydrogen) atoms.